The minimum absolute atomic E-state index is 0.0157. The molecule has 28 heavy (non-hydrogen) atoms. The van der Waals surface area contributed by atoms with E-state index in [0.29, 0.717) is 5.69 Å². The highest BCUT2D eigenvalue weighted by Crippen LogP contribution is 2.22. The molecular weight excluding hydrogens is 375 g/mol. The van der Waals surface area contributed by atoms with Crippen LogP contribution in [0.25, 0.3) is 0 Å². The van der Waals surface area contributed by atoms with Crippen molar-refractivity contribution in [3.63, 3.8) is 0 Å². The van der Waals surface area contributed by atoms with Crippen LogP contribution in [0.2, 0.25) is 0 Å². The van der Waals surface area contributed by atoms with Crippen LogP contribution in [-0.4, -0.2) is 17.6 Å². The van der Waals surface area contributed by atoms with E-state index in [9.17, 15) is 14.0 Å². The number of hydrogen-bond acceptors (Lipinski definition) is 3. The summed E-state index contributed by atoms with van der Waals surface area (Å²) in [7, 11) is 0. The Morgan fingerprint density at radius 1 is 0.893 bits per heavy atom. The van der Waals surface area contributed by atoms with Gasteiger partial charge in [-0.15, -0.1) is 11.8 Å². The Kier molecular flexibility index (Phi) is 6.45. The number of benzene rings is 3. The molecule has 2 N–H and O–H groups in total. The molecule has 0 saturated heterocycles. The predicted octanol–water partition coefficient (Wildman–Crippen LogP) is 5.12. The molecule has 3 aromatic rings. The minimum atomic E-state index is -0.571. The number of rotatable bonds is 6. The molecule has 0 saturated carbocycles. The van der Waals surface area contributed by atoms with Gasteiger partial charge in [0.1, 0.15) is 5.82 Å². The molecule has 4 nitrogen and oxygen atoms in total. The van der Waals surface area contributed by atoms with E-state index in [0.717, 1.165) is 16.1 Å². The lowest BCUT2D eigenvalue weighted by Gasteiger charge is -2.09. The standard InChI is InChI=1S/C22H19FN2O2S/c1-15-9-11-16(12-10-15)24-21(26)14-28-18-6-4-5-17(13-18)25-22(27)19-7-2-3-8-20(19)23/h2-13H,14H2,1H3,(H,24,26)(H,25,27). The van der Waals surface area contributed by atoms with Gasteiger partial charge in [0.15, 0.2) is 0 Å². The maximum Gasteiger partial charge on any atom is 0.258 e. The van der Waals surface area contributed by atoms with Gasteiger partial charge in [0.2, 0.25) is 5.91 Å². The van der Waals surface area contributed by atoms with E-state index >= 15 is 0 Å². The Morgan fingerprint density at radius 3 is 2.39 bits per heavy atom. The van der Waals surface area contributed by atoms with Crippen LogP contribution in [0, 0.1) is 12.7 Å². The molecule has 0 heterocycles. The van der Waals surface area contributed by atoms with Crippen molar-refractivity contribution in [1.29, 1.82) is 0 Å². The zero-order valence-electron chi connectivity index (χ0n) is 15.2. The lowest BCUT2D eigenvalue weighted by molar-refractivity contribution is -0.113. The van der Waals surface area contributed by atoms with Crippen LogP contribution < -0.4 is 10.6 Å². The molecule has 0 aliphatic rings. The lowest BCUT2D eigenvalue weighted by atomic mass is 10.2. The van der Waals surface area contributed by atoms with Crippen molar-refractivity contribution in [2.45, 2.75) is 11.8 Å². The topological polar surface area (TPSA) is 58.2 Å². The summed E-state index contributed by atoms with van der Waals surface area (Å²) in [6, 6.07) is 20.5. The second kappa shape index (κ2) is 9.19. The molecule has 0 aromatic heterocycles. The molecule has 0 aliphatic heterocycles. The van der Waals surface area contributed by atoms with Gasteiger partial charge in [-0.25, -0.2) is 4.39 Å². The first kappa shape index (κ1) is 19.6. The predicted molar refractivity (Wildman–Crippen MR) is 111 cm³/mol. The molecule has 0 aliphatic carbocycles. The van der Waals surface area contributed by atoms with Crippen molar-refractivity contribution in [2.75, 3.05) is 16.4 Å². The molecule has 3 aromatic carbocycles. The quantitative estimate of drug-likeness (QED) is 0.571. The summed E-state index contributed by atoms with van der Waals surface area (Å²) in [5.41, 5.74) is 2.40. The number of amides is 2. The third-order valence-electron chi connectivity index (χ3n) is 3.92. The van der Waals surface area contributed by atoms with Crippen LogP contribution in [0.3, 0.4) is 0 Å². The summed E-state index contributed by atoms with van der Waals surface area (Å²) in [5.74, 6) is -0.969. The second-order valence-corrected chi connectivity index (χ2v) is 7.21. The van der Waals surface area contributed by atoms with E-state index in [-0.39, 0.29) is 17.2 Å². The van der Waals surface area contributed by atoms with E-state index < -0.39 is 11.7 Å². The fourth-order valence-corrected chi connectivity index (χ4v) is 3.25. The van der Waals surface area contributed by atoms with Gasteiger partial charge in [0.25, 0.3) is 5.91 Å². The van der Waals surface area contributed by atoms with Gasteiger partial charge in [0, 0.05) is 16.3 Å². The van der Waals surface area contributed by atoms with E-state index in [1.807, 2.05) is 37.3 Å². The Balaban J connectivity index is 1.57. The highest BCUT2D eigenvalue weighted by atomic mass is 32.2. The van der Waals surface area contributed by atoms with Crippen LogP contribution in [-0.2, 0) is 4.79 Å². The molecule has 2 amide bonds. The lowest BCUT2D eigenvalue weighted by Crippen LogP contribution is -2.14. The monoisotopic (exact) mass is 394 g/mol. The Morgan fingerprint density at radius 2 is 1.64 bits per heavy atom. The molecule has 0 atom stereocenters. The molecule has 0 unspecified atom stereocenters. The van der Waals surface area contributed by atoms with Crippen molar-refractivity contribution in [2.24, 2.45) is 0 Å². The Labute approximate surface area is 167 Å². The van der Waals surface area contributed by atoms with Crippen LogP contribution in [0.15, 0.2) is 77.7 Å². The first-order valence-corrected chi connectivity index (χ1v) is 9.65. The summed E-state index contributed by atoms with van der Waals surface area (Å²) >= 11 is 1.35. The maximum atomic E-state index is 13.7. The number of thioether (sulfide) groups is 1. The Hall–Kier alpha value is -3.12. The van der Waals surface area contributed by atoms with Crippen LogP contribution in [0.1, 0.15) is 15.9 Å². The van der Waals surface area contributed by atoms with Crippen LogP contribution in [0.5, 0.6) is 0 Å². The van der Waals surface area contributed by atoms with E-state index in [4.69, 9.17) is 0 Å². The highest BCUT2D eigenvalue weighted by molar-refractivity contribution is 8.00. The molecule has 142 valence electrons. The van der Waals surface area contributed by atoms with Crippen LogP contribution in [0.4, 0.5) is 15.8 Å². The van der Waals surface area contributed by atoms with Crippen LogP contribution >= 0.6 is 11.8 Å². The minimum Gasteiger partial charge on any atom is -0.325 e. The molecule has 0 bridgehead atoms. The largest absolute Gasteiger partial charge is 0.325 e. The van der Waals surface area contributed by atoms with Crippen molar-refractivity contribution in [3.05, 3.63) is 89.7 Å². The first-order chi connectivity index (χ1) is 13.5. The van der Waals surface area contributed by atoms with Gasteiger partial charge in [-0.05, 0) is 49.4 Å². The van der Waals surface area contributed by atoms with Crippen molar-refractivity contribution in [3.8, 4) is 0 Å². The number of carbonyl (C=O) groups excluding carboxylic acids is 2. The van der Waals surface area contributed by atoms with Crippen molar-refractivity contribution < 1.29 is 14.0 Å². The average Bonchev–Trinajstić information content (AvgIpc) is 2.69. The maximum absolute atomic E-state index is 13.7. The molecule has 6 heteroatoms. The number of halogens is 1. The molecule has 0 radical (unpaired) electrons. The summed E-state index contributed by atoms with van der Waals surface area (Å²) in [6.45, 7) is 1.99. The number of aryl methyl sites for hydroxylation is 1. The van der Waals surface area contributed by atoms with E-state index in [1.54, 1.807) is 24.3 Å². The summed E-state index contributed by atoms with van der Waals surface area (Å²) in [4.78, 5) is 25.2. The number of anilines is 2. The number of nitrogens with one attached hydrogen (secondary N) is 2. The van der Waals surface area contributed by atoms with Gasteiger partial charge < -0.3 is 10.6 Å². The molecule has 0 fully saturated rings. The van der Waals surface area contributed by atoms with Gasteiger partial charge in [-0.1, -0.05) is 35.9 Å². The number of carbonyl (C=O) groups is 2. The van der Waals surface area contributed by atoms with Gasteiger partial charge in [-0.2, -0.15) is 0 Å². The number of hydrogen-bond donors (Lipinski definition) is 2. The fourth-order valence-electron chi connectivity index (χ4n) is 2.49. The Bertz CT molecular complexity index is 990. The average molecular weight is 394 g/mol. The summed E-state index contributed by atoms with van der Waals surface area (Å²) in [5, 5.41) is 5.52. The highest BCUT2D eigenvalue weighted by Gasteiger charge is 2.11. The fraction of sp³-hybridized carbons (Fsp3) is 0.0909. The van der Waals surface area contributed by atoms with Crippen molar-refractivity contribution in [1.82, 2.24) is 0 Å². The summed E-state index contributed by atoms with van der Waals surface area (Å²) < 4.78 is 13.7. The summed E-state index contributed by atoms with van der Waals surface area (Å²) in [6.07, 6.45) is 0. The van der Waals surface area contributed by atoms with Gasteiger partial charge in [0.05, 0.1) is 11.3 Å². The third-order valence-corrected chi connectivity index (χ3v) is 4.91. The van der Waals surface area contributed by atoms with Gasteiger partial charge in [-0.3, -0.25) is 9.59 Å². The smallest absolute Gasteiger partial charge is 0.258 e. The van der Waals surface area contributed by atoms with Gasteiger partial charge >= 0.3 is 0 Å². The molecular formula is C22H19FN2O2S. The van der Waals surface area contributed by atoms with Crippen molar-refractivity contribution >= 4 is 35.0 Å². The molecule has 3 rings (SSSR count). The molecule has 0 spiro atoms. The second-order valence-electron chi connectivity index (χ2n) is 6.16. The zero-order valence-corrected chi connectivity index (χ0v) is 16.1. The first-order valence-electron chi connectivity index (χ1n) is 8.66. The zero-order chi connectivity index (χ0) is 19.9. The SMILES string of the molecule is Cc1ccc(NC(=O)CSc2cccc(NC(=O)c3ccccc3F)c2)cc1. The van der Waals surface area contributed by atoms with E-state index in [2.05, 4.69) is 10.6 Å². The van der Waals surface area contributed by atoms with E-state index in [1.165, 1.54) is 30.0 Å². The third kappa shape index (κ3) is 5.44. The normalized spacial score (nSPS) is 10.4.